The fourth-order valence-electron chi connectivity index (χ4n) is 6.84. The number of halogens is 3. The second-order valence-electron chi connectivity index (χ2n) is 11.6. The Balaban J connectivity index is 1.30. The minimum Gasteiger partial charge on any atom is -0.508 e. The van der Waals surface area contributed by atoms with Crippen molar-refractivity contribution < 1.29 is 29.9 Å². The maximum atomic E-state index is 15.2. The Morgan fingerprint density at radius 2 is 2.02 bits per heavy atom. The average Bonchev–Trinajstić information content (AvgIpc) is 3.61. The molecule has 0 radical (unpaired) electrons. The Bertz CT molecular complexity index is 2060. The monoisotopic (exact) mass is 598 g/mol. The Hall–Kier alpha value is -3.97. The van der Waals surface area contributed by atoms with Crippen molar-refractivity contribution in [2.24, 2.45) is 0 Å². The number of nitrogens with one attached hydrogen (secondary N) is 1. The van der Waals surface area contributed by atoms with Gasteiger partial charge in [0.15, 0.2) is 11.6 Å². The maximum Gasteiger partial charge on any atom is 0.319 e. The van der Waals surface area contributed by atoms with Crippen molar-refractivity contribution in [2.75, 3.05) is 37.6 Å². The number of alkyl halides is 1. The highest BCUT2D eigenvalue weighted by atomic mass is 19.2. The van der Waals surface area contributed by atoms with Gasteiger partial charge in [-0.2, -0.15) is 19.7 Å². The first kappa shape index (κ1) is 21.7. The van der Waals surface area contributed by atoms with E-state index in [-0.39, 0.29) is 63.9 Å². The molecule has 4 fully saturated rings. The van der Waals surface area contributed by atoms with Gasteiger partial charge in [-0.25, -0.2) is 13.2 Å². The number of piperazine rings is 1. The molecule has 2 bridgehead atoms. The summed E-state index contributed by atoms with van der Waals surface area (Å²) in [6, 6.07) is 4.06. The Morgan fingerprint density at radius 1 is 1.21 bits per heavy atom. The zero-order valence-corrected chi connectivity index (χ0v) is 22.8. The molecule has 2 aromatic carbocycles. The third-order valence-electron chi connectivity index (χ3n) is 8.82. The number of fused-ring (bicyclic) bond motifs is 5. The van der Waals surface area contributed by atoms with E-state index in [1.165, 1.54) is 18.3 Å². The number of phenols is 1. The smallest absolute Gasteiger partial charge is 0.319 e. The van der Waals surface area contributed by atoms with Gasteiger partial charge in [-0.05, 0) is 49.7 Å². The first-order valence-corrected chi connectivity index (χ1v) is 14.2. The third kappa shape index (κ3) is 4.31. The van der Waals surface area contributed by atoms with Crippen LogP contribution in [0.5, 0.6) is 11.8 Å². The number of aromatic nitrogens is 4. The van der Waals surface area contributed by atoms with E-state index in [1.807, 2.05) is 4.90 Å². The number of nitrogens with zero attached hydrogens (tertiary/aromatic N) is 6. The fraction of sp³-hybridized carbons (Fsp3) is 0.467. The molecule has 4 atom stereocenters. The van der Waals surface area contributed by atoms with Gasteiger partial charge in [0.2, 0.25) is 0 Å². The number of phenolic OH excluding ortho intramolecular Hbond substituents is 1. The second-order valence-corrected chi connectivity index (χ2v) is 11.6. The lowest BCUT2D eigenvalue weighted by atomic mass is 9.95. The molecular weight excluding hydrogens is 563 g/mol. The topological polar surface area (TPSA) is 109 Å². The van der Waals surface area contributed by atoms with Crippen molar-refractivity contribution in [3.8, 4) is 17.4 Å². The lowest BCUT2D eigenvalue weighted by Gasteiger charge is -2.34. The minimum atomic E-state index is -2.83. The highest BCUT2D eigenvalue weighted by Crippen LogP contribution is 2.40. The number of benzene rings is 2. The van der Waals surface area contributed by atoms with E-state index >= 15 is 8.78 Å². The molecule has 4 aliphatic heterocycles. The molecule has 6 heterocycles. The van der Waals surface area contributed by atoms with Gasteiger partial charge in [0.25, 0.3) is 5.56 Å². The highest BCUT2D eigenvalue weighted by Gasteiger charge is 2.49. The van der Waals surface area contributed by atoms with Gasteiger partial charge in [0, 0.05) is 52.3 Å². The van der Waals surface area contributed by atoms with Crippen LogP contribution in [0.3, 0.4) is 0 Å². The molecule has 4 saturated heterocycles. The summed E-state index contributed by atoms with van der Waals surface area (Å²) in [5.74, 6) is -2.57. The van der Waals surface area contributed by atoms with Crippen LogP contribution in [-0.4, -0.2) is 86.2 Å². The molecule has 2 N–H and O–H groups in total. The van der Waals surface area contributed by atoms with Crippen molar-refractivity contribution in [1.29, 1.82) is 0 Å². The van der Waals surface area contributed by atoms with Gasteiger partial charge in [-0.1, -0.05) is 6.07 Å². The molecule has 4 aliphatic rings. The highest BCUT2D eigenvalue weighted by molar-refractivity contribution is 5.93. The van der Waals surface area contributed by atoms with Crippen molar-refractivity contribution in [1.82, 2.24) is 30.0 Å². The van der Waals surface area contributed by atoms with E-state index in [4.69, 9.17) is 11.6 Å². The van der Waals surface area contributed by atoms with Crippen LogP contribution < -0.4 is 20.5 Å². The largest absolute Gasteiger partial charge is 0.508 e. The predicted octanol–water partition coefficient (Wildman–Crippen LogP) is 3.21. The van der Waals surface area contributed by atoms with Gasteiger partial charge < -0.3 is 20.1 Å². The summed E-state index contributed by atoms with van der Waals surface area (Å²) in [4.78, 5) is 25.9. The predicted molar refractivity (Wildman–Crippen MR) is 153 cm³/mol. The molecule has 0 unspecified atom stereocenters. The van der Waals surface area contributed by atoms with Gasteiger partial charge in [0.05, 0.1) is 26.9 Å². The first-order valence-electron chi connectivity index (χ1n) is 16.7. The summed E-state index contributed by atoms with van der Waals surface area (Å²) < 4.78 is 94.0. The average molecular weight is 599 g/mol. The standard InChI is InChI=1S/C30H30F3N7O3/c31-17-10-30(6-1-7-39(30)12-17)15-43-29-36-26-21(27(37-29)38-13-18-3-4-19(14-38)35-18)11-34-40(28(26)42)23-9-20(41)8-16-2-5-22(32)25(33)24(16)23/h2,5,8-9,11,17-19,35,41H,1,3-4,6-7,10,12-15H2/t17-,18-,19+,30+/m1/s1/i7D2,15D2,17D. The summed E-state index contributed by atoms with van der Waals surface area (Å²) in [7, 11) is 0. The summed E-state index contributed by atoms with van der Waals surface area (Å²) in [5.41, 5.74) is -3.37. The SMILES string of the molecule is [2H]C1([2H])CC[C@@]2(C([2H])([2H])Oc3nc(N4C[C@H]5CC[C@@H](C4)N5)c4cnn(-c5cc(O)cc6ccc(F)c(F)c56)c(=O)c4n3)C[C@@]([2H])(F)CN12. The van der Waals surface area contributed by atoms with E-state index < -0.39 is 60.9 Å². The van der Waals surface area contributed by atoms with Gasteiger partial charge >= 0.3 is 6.01 Å². The van der Waals surface area contributed by atoms with Gasteiger partial charge in [-0.3, -0.25) is 9.69 Å². The Morgan fingerprint density at radius 3 is 2.84 bits per heavy atom. The summed E-state index contributed by atoms with van der Waals surface area (Å²) in [6.07, 6.45) is -0.483. The van der Waals surface area contributed by atoms with Crippen LogP contribution in [0.1, 0.15) is 39.0 Å². The molecule has 10 nitrogen and oxygen atoms in total. The number of aromatic hydroxyl groups is 1. The Labute approximate surface area is 251 Å². The zero-order chi connectivity index (χ0) is 34.0. The third-order valence-corrected chi connectivity index (χ3v) is 8.82. The van der Waals surface area contributed by atoms with E-state index in [9.17, 15) is 14.3 Å². The van der Waals surface area contributed by atoms with Crippen LogP contribution in [0.2, 0.25) is 0 Å². The molecule has 4 aromatic rings. The molecule has 0 aliphatic carbocycles. The molecular formula is C30H30F3N7O3. The minimum absolute atomic E-state index is 0.102. The number of anilines is 1. The van der Waals surface area contributed by atoms with Crippen molar-refractivity contribution >= 4 is 27.5 Å². The Kier molecular flexibility index (Phi) is 4.93. The van der Waals surface area contributed by atoms with Crippen LogP contribution in [0.15, 0.2) is 35.3 Å². The van der Waals surface area contributed by atoms with Crippen LogP contribution in [0.4, 0.5) is 19.0 Å². The van der Waals surface area contributed by atoms with Crippen molar-refractivity contribution in [3.63, 3.8) is 0 Å². The van der Waals surface area contributed by atoms with Crippen molar-refractivity contribution in [2.45, 2.75) is 55.9 Å². The maximum absolute atomic E-state index is 15.2. The molecule has 0 spiro atoms. The molecule has 224 valence electrons. The second kappa shape index (κ2) is 9.78. The first-order chi connectivity index (χ1) is 22.6. The number of rotatable bonds is 5. The van der Waals surface area contributed by atoms with E-state index in [2.05, 4.69) is 20.4 Å². The van der Waals surface area contributed by atoms with E-state index in [0.29, 0.717) is 13.1 Å². The molecule has 8 rings (SSSR count). The lowest BCUT2D eigenvalue weighted by molar-refractivity contribution is 0.107. The molecule has 43 heavy (non-hydrogen) atoms. The molecule has 2 aromatic heterocycles. The van der Waals surface area contributed by atoms with E-state index in [0.717, 1.165) is 34.6 Å². The summed E-state index contributed by atoms with van der Waals surface area (Å²) in [5, 5.41) is 18.1. The van der Waals surface area contributed by atoms with E-state index in [1.54, 1.807) is 0 Å². The lowest BCUT2D eigenvalue weighted by Crippen LogP contribution is -2.51. The fourth-order valence-corrected chi connectivity index (χ4v) is 6.84. The number of hydrogen-bond acceptors (Lipinski definition) is 9. The molecule has 0 amide bonds. The van der Waals surface area contributed by atoms with Crippen LogP contribution in [0.25, 0.3) is 27.4 Å². The molecule has 13 heteroatoms. The summed E-state index contributed by atoms with van der Waals surface area (Å²) >= 11 is 0. The zero-order valence-electron chi connectivity index (χ0n) is 27.8. The van der Waals surface area contributed by atoms with Crippen LogP contribution in [0, 0.1) is 11.6 Å². The van der Waals surface area contributed by atoms with Crippen molar-refractivity contribution in [3.05, 3.63) is 52.5 Å². The molecule has 0 saturated carbocycles. The van der Waals surface area contributed by atoms with Gasteiger partial charge in [0.1, 0.15) is 29.8 Å². The van der Waals surface area contributed by atoms with Crippen LogP contribution >= 0.6 is 0 Å². The summed E-state index contributed by atoms with van der Waals surface area (Å²) in [6.45, 7) is -4.62. The quantitative estimate of drug-likeness (QED) is 0.358. The van der Waals surface area contributed by atoms with Crippen LogP contribution in [-0.2, 0) is 0 Å². The van der Waals surface area contributed by atoms with Gasteiger partial charge in [-0.15, -0.1) is 0 Å². The normalized spacial score (nSPS) is 31.9. The number of hydrogen-bond donors (Lipinski definition) is 2. The number of ether oxygens (including phenoxy) is 1.